The van der Waals surface area contributed by atoms with Gasteiger partial charge < -0.3 is 10.2 Å². The first-order valence-corrected chi connectivity index (χ1v) is 4.35. The average Bonchev–Trinajstić information content (AvgIpc) is 2.43. The highest BCUT2D eigenvalue weighted by Gasteiger charge is 2.28. The van der Waals surface area contributed by atoms with Crippen LogP contribution in [0.1, 0.15) is 18.9 Å². The second kappa shape index (κ2) is 2.90. The van der Waals surface area contributed by atoms with E-state index in [0.29, 0.717) is 19.4 Å². The summed E-state index contributed by atoms with van der Waals surface area (Å²) >= 11 is 0. The number of carboxylic acid groups (broad SMARTS) is 1. The van der Waals surface area contributed by atoms with Crippen molar-refractivity contribution in [3.05, 3.63) is 16.4 Å². The molecule has 76 valence electrons. The molecule has 0 amide bonds. The van der Waals surface area contributed by atoms with Crippen LogP contribution in [-0.2, 0) is 11.3 Å². The van der Waals surface area contributed by atoms with Gasteiger partial charge in [0.1, 0.15) is 0 Å². The van der Waals surface area contributed by atoms with E-state index in [4.69, 9.17) is 5.11 Å². The summed E-state index contributed by atoms with van der Waals surface area (Å²) in [5, 5.41) is 18.2. The Labute approximate surface area is 79.0 Å². The van der Waals surface area contributed by atoms with Gasteiger partial charge in [0.25, 0.3) is 5.56 Å². The van der Waals surface area contributed by atoms with Gasteiger partial charge in [0, 0.05) is 6.54 Å². The minimum atomic E-state index is -1.04. The third kappa shape index (κ3) is 1.11. The smallest absolute Gasteiger partial charge is 0.328 e. The summed E-state index contributed by atoms with van der Waals surface area (Å²) in [7, 11) is 0. The number of rotatable bonds is 1. The first-order valence-electron chi connectivity index (χ1n) is 4.35. The van der Waals surface area contributed by atoms with E-state index in [1.807, 2.05) is 0 Å². The number of hydrogen-bond donors (Lipinski definition) is 2. The quantitative estimate of drug-likeness (QED) is 0.653. The maximum absolute atomic E-state index is 11.3. The summed E-state index contributed by atoms with van der Waals surface area (Å²) in [5.41, 5.74) is -0.463. The van der Waals surface area contributed by atoms with Crippen LogP contribution in [0, 0.1) is 0 Å². The van der Waals surface area contributed by atoms with E-state index in [2.05, 4.69) is 0 Å². The average molecular weight is 198 g/mol. The molecule has 6 heteroatoms. The number of aromatic hydroxyl groups is 1. The highest BCUT2D eigenvalue weighted by molar-refractivity contribution is 5.71. The first kappa shape index (κ1) is 8.86. The summed E-state index contributed by atoms with van der Waals surface area (Å²) in [5.74, 6) is -1.20. The monoisotopic (exact) mass is 198 g/mol. The molecule has 0 aromatic carbocycles. The predicted molar refractivity (Wildman–Crippen MR) is 46.3 cm³/mol. The first-order chi connectivity index (χ1) is 6.61. The van der Waals surface area contributed by atoms with Crippen LogP contribution in [-0.4, -0.2) is 25.5 Å². The number of carboxylic acids is 1. The number of nitrogens with zero attached hydrogens (tertiary/aromatic N) is 2. The van der Waals surface area contributed by atoms with E-state index < -0.39 is 17.6 Å². The van der Waals surface area contributed by atoms with Gasteiger partial charge in [0.2, 0.25) is 5.88 Å². The molecule has 1 aliphatic rings. The summed E-state index contributed by atoms with van der Waals surface area (Å²) in [6.45, 7) is 0.484. The Hall–Kier alpha value is -1.72. The van der Waals surface area contributed by atoms with Crippen LogP contribution in [0.2, 0.25) is 0 Å². The Balaban J connectivity index is 2.59. The Kier molecular flexibility index (Phi) is 1.83. The van der Waals surface area contributed by atoms with Gasteiger partial charge in [0.05, 0.1) is 6.07 Å². The highest BCUT2D eigenvalue weighted by Crippen LogP contribution is 2.22. The Morgan fingerprint density at radius 1 is 1.57 bits per heavy atom. The van der Waals surface area contributed by atoms with Crippen LogP contribution < -0.4 is 5.56 Å². The van der Waals surface area contributed by atoms with Crippen LogP contribution in [0.25, 0.3) is 0 Å². The van der Waals surface area contributed by atoms with Crippen molar-refractivity contribution in [1.82, 2.24) is 9.36 Å². The molecular formula is C8H10N2O4. The third-order valence-corrected chi connectivity index (χ3v) is 2.43. The van der Waals surface area contributed by atoms with Crippen molar-refractivity contribution in [3.63, 3.8) is 0 Å². The molecular weight excluding hydrogens is 188 g/mol. The molecule has 14 heavy (non-hydrogen) atoms. The molecule has 1 aliphatic heterocycles. The van der Waals surface area contributed by atoms with Crippen LogP contribution in [0.5, 0.6) is 5.88 Å². The fourth-order valence-electron chi connectivity index (χ4n) is 1.81. The van der Waals surface area contributed by atoms with Gasteiger partial charge >= 0.3 is 5.97 Å². The topological polar surface area (TPSA) is 84.5 Å². The zero-order chi connectivity index (χ0) is 10.3. The van der Waals surface area contributed by atoms with Crippen LogP contribution >= 0.6 is 0 Å². The lowest BCUT2D eigenvalue weighted by molar-refractivity contribution is -0.142. The van der Waals surface area contributed by atoms with Crippen molar-refractivity contribution >= 4 is 5.97 Å². The van der Waals surface area contributed by atoms with Crippen LogP contribution in [0.15, 0.2) is 10.9 Å². The molecule has 2 heterocycles. The van der Waals surface area contributed by atoms with Crippen molar-refractivity contribution in [2.24, 2.45) is 0 Å². The standard InChI is InChI=1S/C8H10N2O4/c11-6-4-7(12)10-5(8(13)14)2-1-3-9(6)10/h4-5,11H,1-3H2,(H,13,14). The number of hydrogen-bond acceptors (Lipinski definition) is 3. The normalized spacial score (nSPS) is 20.4. The molecule has 6 nitrogen and oxygen atoms in total. The molecule has 0 fully saturated rings. The van der Waals surface area contributed by atoms with Gasteiger partial charge in [-0.2, -0.15) is 0 Å². The van der Waals surface area contributed by atoms with E-state index in [1.54, 1.807) is 0 Å². The van der Waals surface area contributed by atoms with E-state index in [9.17, 15) is 14.7 Å². The summed E-state index contributed by atoms with van der Waals surface area (Å²) in [6.07, 6.45) is 1.08. The van der Waals surface area contributed by atoms with Crippen molar-refractivity contribution in [1.29, 1.82) is 0 Å². The Morgan fingerprint density at radius 2 is 2.29 bits per heavy atom. The third-order valence-electron chi connectivity index (χ3n) is 2.43. The summed E-state index contributed by atoms with van der Waals surface area (Å²) in [6, 6.07) is 0.193. The van der Waals surface area contributed by atoms with Crippen molar-refractivity contribution in [2.75, 3.05) is 0 Å². The molecule has 0 saturated heterocycles. The van der Waals surface area contributed by atoms with Gasteiger partial charge in [-0.25, -0.2) is 9.48 Å². The summed E-state index contributed by atoms with van der Waals surface area (Å²) < 4.78 is 2.41. The number of fused-ring (bicyclic) bond motifs is 1. The highest BCUT2D eigenvalue weighted by atomic mass is 16.4. The molecule has 1 atom stereocenters. The molecule has 0 spiro atoms. The number of carbonyl (C=O) groups is 1. The van der Waals surface area contributed by atoms with Crippen molar-refractivity contribution in [2.45, 2.75) is 25.4 Å². The van der Waals surface area contributed by atoms with Gasteiger partial charge in [0.15, 0.2) is 6.04 Å². The van der Waals surface area contributed by atoms with Gasteiger partial charge in [-0.05, 0) is 12.8 Å². The molecule has 0 saturated carbocycles. The largest absolute Gasteiger partial charge is 0.493 e. The molecule has 1 unspecified atom stereocenters. The van der Waals surface area contributed by atoms with E-state index in [-0.39, 0.29) is 5.88 Å². The molecule has 0 bridgehead atoms. The minimum Gasteiger partial charge on any atom is -0.493 e. The molecule has 0 aliphatic carbocycles. The maximum Gasteiger partial charge on any atom is 0.328 e. The zero-order valence-corrected chi connectivity index (χ0v) is 7.38. The fraction of sp³-hybridized carbons (Fsp3) is 0.500. The van der Waals surface area contributed by atoms with Crippen molar-refractivity contribution in [3.8, 4) is 5.88 Å². The van der Waals surface area contributed by atoms with Gasteiger partial charge in [-0.3, -0.25) is 9.48 Å². The lowest BCUT2D eigenvalue weighted by atomic mass is 10.1. The van der Waals surface area contributed by atoms with Crippen molar-refractivity contribution < 1.29 is 15.0 Å². The van der Waals surface area contributed by atoms with Crippen LogP contribution in [0.3, 0.4) is 0 Å². The Bertz CT molecular complexity index is 431. The van der Waals surface area contributed by atoms with Gasteiger partial charge in [-0.1, -0.05) is 0 Å². The van der Waals surface area contributed by atoms with Crippen LogP contribution in [0.4, 0.5) is 0 Å². The molecule has 2 rings (SSSR count). The SMILES string of the molecule is O=C(O)C1CCCn2c(O)cc(=O)n21. The van der Waals surface area contributed by atoms with E-state index >= 15 is 0 Å². The zero-order valence-electron chi connectivity index (χ0n) is 7.38. The molecule has 2 N–H and O–H groups in total. The number of aliphatic carboxylic acids is 1. The maximum atomic E-state index is 11.3. The second-order valence-electron chi connectivity index (χ2n) is 3.30. The van der Waals surface area contributed by atoms with E-state index in [1.165, 1.54) is 4.68 Å². The minimum absolute atomic E-state index is 0.166. The van der Waals surface area contributed by atoms with E-state index in [0.717, 1.165) is 10.7 Å². The molecule has 1 aromatic rings. The second-order valence-corrected chi connectivity index (χ2v) is 3.30. The fourth-order valence-corrected chi connectivity index (χ4v) is 1.81. The van der Waals surface area contributed by atoms with Gasteiger partial charge in [-0.15, -0.1) is 0 Å². The number of aromatic nitrogens is 2. The lowest BCUT2D eigenvalue weighted by Gasteiger charge is -2.23. The predicted octanol–water partition coefficient (Wildman–Crippen LogP) is -0.225. The lowest BCUT2D eigenvalue weighted by Crippen LogP contribution is -2.35. The molecule has 1 aromatic heterocycles. The Morgan fingerprint density at radius 3 is 2.93 bits per heavy atom. The summed E-state index contributed by atoms with van der Waals surface area (Å²) in [4.78, 5) is 22.1. The molecule has 0 radical (unpaired) electrons.